The first-order valence-electron chi connectivity index (χ1n) is 8.93. The lowest BCUT2D eigenvalue weighted by Gasteiger charge is -2.25. The fourth-order valence-electron chi connectivity index (χ4n) is 3.91. The molecule has 0 bridgehead atoms. The second-order valence-corrected chi connectivity index (χ2v) is 7.72. The molecular weight excluding hydrogens is 350 g/mol. The minimum absolute atomic E-state index is 0.334. The Morgan fingerprint density at radius 1 is 1.38 bits per heavy atom. The molecule has 1 unspecified atom stereocenters. The number of nitrogens with zero attached hydrogens (tertiary/aromatic N) is 2. The van der Waals surface area contributed by atoms with Crippen LogP contribution < -0.4 is 5.32 Å². The maximum Gasteiger partial charge on any atom is 0.334 e. The highest BCUT2D eigenvalue weighted by atomic mass is 35.5. The van der Waals surface area contributed by atoms with Crippen LogP contribution >= 0.6 is 11.6 Å². The summed E-state index contributed by atoms with van der Waals surface area (Å²) in [6.07, 6.45) is 6.55. The largest absolute Gasteiger partial charge is 0.451 e. The summed E-state index contributed by atoms with van der Waals surface area (Å²) in [5, 5.41) is 8.60. The molecular formula is C20H22ClN3O2. The monoisotopic (exact) mass is 371 g/mol. The smallest absolute Gasteiger partial charge is 0.334 e. The molecule has 2 aromatic rings. The molecule has 2 aliphatic rings. The summed E-state index contributed by atoms with van der Waals surface area (Å²) < 4.78 is 7.70. The lowest BCUT2D eigenvalue weighted by atomic mass is 9.86. The number of ether oxygens (including phenoxy) is 1. The van der Waals surface area contributed by atoms with Crippen LogP contribution in [0.4, 0.5) is 0 Å². The number of carbonyl (C=O) groups excluding carboxylic acids is 1. The van der Waals surface area contributed by atoms with Crippen molar-refractivity contribution in [2.24, 2.45) is 0 Å². The van der Waals surface area contributed by atoms with E-state index in [4.69, 9.17) is 16.3 Å². The van der Waals surface area contributed by atoms with Crippen molar-refractivity contribution in [1.29, 1.82) is 0 Å². The Balaban J connectivity index is 1.73. The summed E-state index contributed by atoms with van der Waals surface area (Å²) in [7, 11) is 0. The molecule has 5 nitrogen and oxygen atoms in total. The van der Waals surface area contributed by atoms with E-state index in [2.05, 4.69) is 23.2 Å². The van der Waals surface area contributed by atoms with E-state index in [1.807, 2.05) is 36.0 Å². The number of rotatable bonds is 3. The van der Waals surface area contributed by atoms with E-state index in [0.29, 0.717) is 23.1 Å². The Kier molecular flexibility index (Phi) is 4.37. The van der Waals surface area contributed by atoms with Gasteiger partial charge in [0, 0.05) is 34.3 Å². The van der Waals surface area contributed by atoms with Crippen molar-refractivity contribution in [3.8, 4) is 11.1 Å². The van der Waals surface area contributed by atoms with Gasteiger partial charge in [-0.2, -0.15) is 5.10 Å². The van der Waals surface area contributed by atoms with E-state index in [9.17, 15) is 4.79 Å². The van der Waals surface area contributed by atoms with Crippen molar-refractivity contribution in [2.45, 2.75) is 37.8 Å². The van der Waals surface area contributed by atoms with Gasteiger partial charge in [0.15, 0.2) is 0 Å². The van der Waals surface area contributed by atoms with E-state index in [-0.39, 0.29) is 5.97 Å². The Morgan fingerprint density at radius 3 is 2.85 bits per heavy atom. The number of cyclic esters (lactones) is 1. The number of esters is 1. The average Bonchev–Trinajstić information content (AvgIpc) is 3.21. The molecule has 1 aromatic carbocycles. The first-order valence-corrected chi connectivity index (χ1v) is 9.30. The number of piperidine rings is 1. The number of hydrogen-bond acceptors (Lipinski definition) is 4. The topological polar surface area (TPSA) is 56.1 Å². The summed E-state index contributed by atoms with van der Waals surface area (Å²) in [4.78, 5) is 11.9. The quantitative estimate of drug-likeness (QED) is 0.657. The predicted molar refractivity (Wildman–Crippen MR) is 101 cm³/mol. The Labute approximate surface area is 158 Å². The summed E-state index contributed by atoms with van der Waals surface area (Å²) in [6, 6.07) is 6.09. The van der Waals surface area contributed by atoms with E-state index < -0.39 is 5.60 Å². The van der Waals surface area contributed by atoms with Crippen LogP contribution in [0.3, 0.4) is 0 Å². The molecule has 1 aromatic heterocycles. The number of hydrogen-bond donors (Lipinski definition) is 1. The van der Waals surface area contributed by atoms with Gasteiger partial charge in [0.05, 0.1) is 12.2 Å². The molecule has 2 saturated heterocycles. The Morgan fingerprint density at radius 2 is 2.15 bits per heavy atom. The maximum atomic E-state index is 11.9. The molecule has 136 valence electrons. The van der Waals surface area contributed by atoms with Gasteiger partial charge in [-0.15, -0.1) is 0 Å². The number of aromatic nitrogens is 2. The highest BCUT2D eigenvalue weighted by Crippen LogP contribution is 2.43. The normalized spacial score (nSPS) is 24.1. The fourth-order valence-corrected chi connectivity index (χ4v) is 4.08. The zero-order chi connectivity index (χ0) is 18.3. The van der Waals surface area contributed by atoms with Crippen LogP contribution in [0.2, 0.25) is 5.02 Å². The first kappa shape index (κ1) is 17.3. The van der Waals surface area contributed by atoms with E-state index >= 15 is 0 Å². The van der Waals surface area contributed by atoms with Gasteiger partial charge in [0.25, 0.3) is 0 Å². The van der Waals surface area contributed by atoms with Gasteiger partial charge >= 0.3 is 5.97 Å². The van der Waals surface area contributed by atoms with Crippen molar-refractivity contribution >= 4 is 17.6 Å². The third kappa shape index (κ3) is 3.06. The van der Waals surface area contributed by atoms with E-state index in [1.165, 1.54) is 0 Å². The molecule has 2 aliphatic heterocycles. The molecule has 1 N–H and O–H groups in total. The van der Waals surface area contributed by atoms with Crippen molar-refractivity contribution in [3.63, 3.8) is 0 Å². The fraction of sp³-hybridized carbons (Fsp3) is 0.400. The minimum atomic E-state index is -0.731. The van der Waals surface area contributed by atoms with Gasteiger partial charge in [0.1, 0.15) is 5.60 Å². The third-order valence-corrected chi connectivity index (χ3v) is 5.54. The van der Waals surface area contributed by atoms with Gasteiger partial charge < -0.3 is 10.1 Å². The molecule has 0 amide bonds. The van der Waals surface area contributed by atoms with Gasteiger partial charge in [0.2, 0.25) is 0 Å². The molecule has 0 saturated carbocycles. The van der Waals surface area contributed by atoms with Crippen LogP contribution in [0, 0.1) is 0 Å². The number of carbonyl (C=O) groups is 1. The molecule has 26 heavy (non-hydrogen) atoms. The lowest BCUT2D eigenvalue weighted by molar-refractivity contribution is -0.145. The van der Waals surface area contributed by atoms with E-state index in [1.54, 1.807) is 0 Å². The van der Waals surface area contributed by atoms with Crippen molar-refractivity contribution < 1.29 is 9.53 Å². The standard InChI is InChI=1S/C20H22ClN3O2/c1-13-10-20(2,26-19(13)25)18-4-3-15(21)9-17(18)14-11-23-24(12-14)16-5-7-22-8-6-16/h3-4,9,11-12,16,22H,1,5-8,10H2,2H3. The zero-order valence-corrected chi connectivity index (χ0v) is 15.6. The highest BCUT2D eigenvalue weighted by Gasteiger charge is 2.41. The zero-order valence-electron chi connectivity index (χ0n) is 14.8. The van der Waals surface area contributed by atoms with Gasteiger partial charge in [-0.25, -0.2) is 4.79 Å². The van der Waals surface area contributed by atoms with Crippen molar-refractivity contribution in [3.05, 3.63) is 53.3 Å². The Bertz CT molecular complexity index is 852. The van der Waals surface area contributed by atoms with Crippen LogP contribution in [-0.2, 0) is 15.1 Å². The van der Waals surface area contributed by atoms with Crippen LogP contribution in [0.25, 0.3) is 11.1 Å². The number of halogens is 1. The molecule has 6 heteroatoms. The van der Waals surface area contributed by atoms with Gasteiger partial charge in [-0.05, 0) is 50.6 Å². The second kappa shape index (κ2) is 6.56. The minimum Gasteiger partial charge on any atom is -0.451 e. The van der Waals surface area contributed by atoms with Gasteiger partial charge in [-0.1, -0.05) is 24.2 Å². The molecule has 0 spiro atoms. The van der Waals surface area contributed by atoms with Crippen LogP contribution in [0.5, 0.6) is 0 Å². The van der Waals surface area contributed by atoms with E-state index in [0.717, 1.165) is 42.6 Å². The van der Waals surface area contributed by atoms with Crippen molar-refractivity contribution in [2.75, 3.05) is 13.1 Å². The van der Waals surface area contributed by atoms with Crippen LogP contribution in [0.1, 0.15) is 37.8 Å². The van der Waals surface area contributed by atoms with Crippen molar-refractivity contribution in [1.82, 2.24) is 15.1 Å². The Hall–Kier alpha value is -2.11. The molecule has 0 radical (unpaired) electrons. The molecule has 2 fully saturated rings. The molecule has 4 rings (SSSR count). The number of nitrogens with one attached hydrogen (secondary N) is 1. The summed E-state index contributed by atoms with van der Waals surface area (Å²) in [5.74, 6) is -0.334. The third-order valence-electron chi connectivity index (χ3n) is 5.30. The summed E-state index contributed by atoms with van der Waals surface area (Å²) in [6.45, 7) is 7.77. The van der Waals surface area contributed by atoms with Crippen LogP contribution in [-0.4, -0.2) is 28.8 Å². The number of benzene rings is 1. The summed E-state index contributed by atoms with van der Waals surface area (Å²) in [5.41, 5.74) is 2.63. The van der Waals surface area contributed by atoms with Crippen LogP contribution in [0.15, 0.2) is 42.7 Å². The maximum absolute atomic E-state index is 11.9. The summed E-state index contributed by atoms with van der Waals surface area (Å²) >= 11 is 6.27. The molecule has 3 heterocycles. The SMILES string of the molecule is C=C1CC(C)(c2ccc(Cl)cc2-c2cnn(C3CCNCC3)c2)OC1=O. The molecule has 1 atom stereocenters. The molecule has 0 aliphatic carbocycles. The average molecular weight is 372 g/mol. The first-order chi connectivity index (χ1) is 12.5. The second-order valence-electron chi connectivity index (χ2n) is 7.28. The van der Waals surface area contributed by atoms with Gasteiger partial charge in [-0.3, -0.25) is 4.68 Å². The lowest BCUT2D eigenvalue weighted by Crippen LogP contribution is -2.29. The predicted octanol–water partition coefficient (Wildman–Crippen LogP) is 3.85. The highest BCUT2D eigenvalue weighted by molar-refractivity contribution is 6.30.